The SMILES string of the molecule is CCCCCCCOc1ccc(-c2ccc(OC(C)C(=O)OCc3ccccc3)cc2)cc1F. The molecular weight excluding hydrogens is 431 g/mol. The first-order chi connectivity index (χ1) is 16.6. The molecule has 3 aromatic rings. The fourth-order valence-electron chi connectivity index (χ4n) is 3.51. The lowest BCUT2D eigenvalue weighted by Crippen LogP contribution is -2.26. The molecule has 34 heavy (non-hydrogen) atoms. The third-order valence-corrected chi connectivity index (χ3v) is 5.49. The van der Waals surface area contributed by atoms with Crippen molar-refractivity contribution in [3.05, 3.63) is 84.2 Å². The van der Waals surface area contributed by atoms with Gasteiger partial charge in [-0.15, -0.1) is 0 Å². The van der Waals surface area contributed by atoms with Crippen LogP contribution in [0.25, 0.3) is 11.1 Å². The third kappa shape index (κ3) is 7.91. The van der Waals surface area contributed by atoms with E-state index in [1.54, 1.807) is 25.1 Å². The Labute approximate surface area is 201 Å². The molecule has 1 unspecified atom stereocenters. The number of carbonyl (C=O) groups excluding carboxylic acids is 1. The first kappa shape index (κ1) is 25.3. The van der Waals surface area contributed by atoms with Gasteiger partial charge in [-0.3, -0.25) is 0 Å². The van der Waals surface area contributed by atoms with Crippen LogP contribution in [0, 0.1) is 5.82 Å². The molecule has 0 amide bonds. The summed E-state index contributed by atoms with van der Waals surface area (Å²) in [6.45, 7) is 4.56. The van der Waals surface area contributed by atoms with Gasteiger partial charge in [-0.2, -0.15) is 0 Å². The number of halogens is 1. The molecule has 5 heteroatoms. The van der Waals surface area contributed by atoms with Crippen LogP contribution in [0.3, 0.4) is 0 Å². The number of esters is 1. The Morgan fingerprint density at radius 3 is 2.29 bits per heavy atom. The Kier molecular flexibility index (Phi) is 9.96. The second-order valence-corrected chi connectivity index (χ2v) is 8.29. The van der Waals surface area contributed by atoms with E-state index in [9.17, 15) is 9.18 Å². The van der Waals surface area contributed by atoms with Crippen LogP contribution < -0.4 is 9.47 Å². The van der Waals surface area contributed by atoms with E-state index >= 15 is 0 Å². The van der Waals surface area contributed by atoms with Crippen LogP contribution in [0.4, 0.5) is 4.39 Å². The topological polar surface area (TPSA) is 44.8 Å². The predicted octanol–water partition coefficient (Wildman–Crippen LogP) is 7.35. The van der Waals surface area contributed by atoms with E-state index in [0.717, 1.165) is 29.5 Å². The van der Waals surface area contributed by atoms with Gasteiger partial charge in [0.1, 0.15) is 12.4 Å². The molecule has 0 aliphatic heterocycles. The molecule has 3 aromatic carbocycles. The van der Waals surface area contributed by atoms with E-state index in [2.05, 4.69) is 6.92 Å². The summed E-state index contributed by atoms with van der Waals surface area (Å²) in [4.78, 5) is 12.2. The Morgan fingerprint density at radius 2 is 1.59 bits per heavy atom. The summed E-state index contributed by atoms with van der Waals surface area (Å²) in [5, 5.41) is 0. The molecule has 0 fully saturated rings. The molecule has 0 N–H and O–H groups in total. The molecule has 4 nitrogen and oxygen atoms in total. The number of hydrogen-bond donors (Lipinski definition) is 0. The molecule has 0 saturated heterocycles. The Balaban J connectivity index is 1.49. The summed E-state index contributed by atoms with van der Waals surface area (Å²) in [6.07, 6.45) is 4.90. The largest absolute Gasteiger partial charge is 0.491 e. The van der Waals surface area contributed by atoms with Crippen LogP contribution in [0.15, 0.2) is 72.8 Å². The molecule has 0 aromatic heterocycles. The van der Waals surface area contributed by atoms with Crippen LogP contribution in [0.5, 0.6) is 11.5 Å². The van der Waals surface area contributed by atoms with Crippen LogP contribution in [-0.2, 0) is 16.1 Å². The lowest BCUT2D eigenvalue weighted by molar-refractivity contribution is -0.152. The molecule has 0 aliphatic carbocycles. The van der Waals surface area contributed by atoms with Crippen molar-refractivity contribution in [2.75, 3.05) is 6.61 Å². The number of carbonyl (C=O) groups is 1. The van der Waals surface area contributed by atoms with Gasteiger partial charge in [-0.05, 0) is 54.3 Å². The smallest absolute Gasteiger partial charge is 0.347 e. The van der Waals surface area contributed by atoms with Crippen molar-refractivity contribution in [1.82, 2.24) is 0 Å². The van der Waals surface area contributed by atoms with Gasteiger partial charge >= 0.3 is 5.97 Å². The monoisotopic (exact) mass is 464 g/mol. The minimum Gasteiger partial charge on any atom is -0.491 e. The van der Waals surface area contributed by atoms with Crippen LogP contribution in [0.2, 0.25) is 0 Å². The fraction of sp³-hybridized carbons (Fsp3) is 0.345. The van der Waals surface area contributed by atoms with Gasteiger partial charge in [0.15, 0.2) is 17.7 Å². The molecule has 0 heterocycles. The molecule has 0 aliphatic rings. The maximum absolute atomic E-state index is 14.5. The average molecular weight is 465 g/mol. The molecule has 0 bridgehead atoms. The minimum atomic E-state index is -0.745. The number of hydrogen-bond acceptors (Lipinski definition) is 4. The van der Waals surface area contributed by atoms with Gasteiger partial charge < -0.3 is 14.2 Å². The molecule has 3 rings (SSSR count). The molecule has 1 atom stereocenters. The van der Waals surface area contributed by atoms with Gasteiger partial charge in [-0.25, -0.2) is 9.18 Å². The Hall–Kier alpha value is -3.34. The molecule has 0 radical (unpaired) electrons. The van der Waals surface area contributed by atoms with Gasteiger partial charge in [0, 0.05) is 0 Å². The summed E-state index contributed by atoms with van der Waals surface area (Å²) >= 11 is 0. The van der Waals surface area contributed by atoms with E-state index in [1.165, 1.54) is 25.3 Å². The van der Waals surface area contributed by atoms with Crippen molar-refractivity contribution < 1.29 is 23.4 Å². The molecule has 0 spiro atoms. The highest BCUT2D eigenvalue weighted by atomic mass is 19.1. The van der Waals surface area contributed by atoms with Crippen LogP contribution in [-0.4, -0.2) is 18.7 Å². The van der Waals surface area contributed by atoms with Gasteiger partial charge in [0.05, 0.1) is 6.61 Å². The zero-order chi connectivity index (χ0) is 24.2. The van der Waals surface area contributed by atoms with Crippen molar-refractivity contribution in [2.45, 2.75) is 58.7 Å². The summed E-state index contributed by atoms with van der Waals surface area (Å²) in [6, 6.07) is 21.7. The van der Waals surface area contributed by atoms with Crippen molar-refractivity contribution in [3.63, 3.8) is 0 Å². The number of benzene rings is 3. The third-order valence-electron chi connectivity index (χ3n) is 5.49. The van der Waals surface area contributed by atoms with E-state index in [1.807, 2.05) is 48.5 Å². The highest BCUT2D eigenvalue weighted by molar-refractivity contribution is 5.74. The Morgan fingerprint density at radius 1 is 0.882 bits per heavy atom. The summed E-state index contributed by atoms with van der Waals surface area (Å²) in [5.74, 6) is 0.00978. The van der Waals surface area contributed by atoms with Gasteiger partial charge in [0.25, 0.3) is 0 Å². The molecule has 0 saturated carbocycles. The fourth-order valence-corrected chi connectivity index (χ4v) is 3.51. The quantitative estimate of drug-likeness (QED) is 0.196. The van der Waals surface area contributed by atoms with E-state index < -0.39 is 12.1 Å². The maximum Gasteiger partial charge on any atom is 0.347 e. The summed E-state index contributed by atoms with van der Waals surface area (Å²) in [7, 11) is 0. The second-order valence-electron chi connectivity index (χ2n) is 8.29. The number of ether oxygens (including phenoxy) is 3. The predicted molar refractivity (Wildman–Crippen MR) is 132 cm³/mol. The zero-order valence-corrected chi connectivity index (χ0v) is 20.0. The van der Waals surface area contributed by atoms with Gasteiger partial charge in [-0.1, -0.05) is 81.1 Å². The molecular formula is C29H33FO4. The summed E-state index contributed by atoms with van der Waals surface area (Å²) < 4.78 is 31.1. The van der Waals surface area contributed by atoms with Crippen LogP contribution in [0.1, 0.15) is 51.5 Å². The minimum absolute atomic E-state index is 0.205. The lowest BCUT2D eigenvalue weighted by Gasteiger charge is -2.14. The lowest BCUT2D eigenvalue weighted by atomic mass is 10.1. The first-order valence-electron chi connectivity index (χ1n) is 12.0. The van der Waals surface area contributed by atoms with Crippen molar-refractivity contribution in [3.8, 4) is 22.6 Å². The van der Waals surface area contributed by atoms with Crippen molar-refractivity contribution >= 4 is 5.97 Å². The van der Waals surface area contributed by atoms with Crippen molar-refractivity contribution in [2.24, 2.45) is 0 Å². The number of unbranched alkanes of at least 4 members (excludes halogenated alkanes) is 4. The zero-order valence-electron chi connectivity index (χ0n) is 20.0. The normalized spacial score (nSPS) is 11.6. The highest BCUT2D eigenvalue weighted by Crippen LogP contribution is 2.27. The highest BCUT2D eigenvalue weighted by Gasteiger charge is 2.16. The standard InChI is InChI=1S/C29H33FO4/c1-3-4-5-6-10-19-32-28-18-15-25(20-27(28)30)24-13-16-26(17-14-24)34-22(2)29(31)33-21-23-11-8-7-9-12-23/h7-9,11-18,20,22H,3-6,10,19,21H2,1-2H3. The average Bonchev–Trinajstić information content (AvgIpc) is 2.86. The van der Waals surface area contributed by atoms with E-state index in [4.69, 9.17) is 14.2 Å². The maximum atomic E-state index is 14.5. The van der Waals surface area contributed by atoms with Gasteiger partial charge in [0.2, 0.25) is 0 Å². The van der Waals surface area contributed by atoms with E-state index in [0.29, 0.717) is 12.4 Å². The van der Waals surface area contributed by atoms with Crippen LogP contribution >= 0.6 is 0 Å². The first-order valence-corrected chi connectivity index (χ1v) is 12.0. The summed E-state index contributed by atoms with van der Waals surface area (Å²) in [5.41, 5.74) is 2.51. The number of rotatable bonds is 13. The second kappa shape index (κ2) is 13.4. The van der Waals surface area contributed by atoms with Crippen molar-refractivity contribution in [1.29, 1.82) is 0 Å². The van der Waals surface area contributed by atoms with E-state index in [-0.39, 0.29) is 18.2 Å². The molecule has 180 valence electrons. The Bertz CT molecular complexity index is 1020.